The summed E-state index contributed by atoms with van der Waals surface area (Å²) in [6, 6.07) is -1.59. The SMILES string of the molecule is CC1(C)[C@@H]2[C@@H](C(=O)N[C@H](C=O)C[C@@H]3CCNC3=O)N(C(=O)CC3CCCCC3(F)F)C[C@@H]21. The first-order valence-corrected chi connectivity index (χ1v) is 11.8. The summed E-state index contributed by atoms with van der Waals surface area (Å²) in [4.78, 5) is 51.2. The van der Waals surface area contributed by atoms with Crippen LogP contribution in [-0.2, 0) is 19.2 Å². The van der Waals surface area contributed by atoms with Gasteiger partial charge in [-0.15, -0.1) is 0 Å². The van der Waals surface area contributed by atoms with Crippen molar-refractivity contribution < 1.29 is 28.0 Å². The Morgan fingerprint density at radius 1 is 1.28 bits per heavy atom. The van der Waals surface area contributed by atoms with Crippen molar-refractivity contribution in [3.05, 3.63) is 0 Å². The van der Waals surface area contributed by atoms with Gasteiger partial charge in [0.2, 0.25) is 17.7 Å². The van der Waals surface area contributed by atoms with E-state index in [2.05, 4.69) is 10.6 Å². The third-order valence-corrected chi connectivity index (χ3v) is 8.32. The van der Waals surface area contributed by atoms with E-state index in [1.54, 1.807) is 0 Å². The van der Waals surface area contributed by atoms with Gasteiger partial charge < -0.3 is 20.3 Å². The molecule has 2 aliphatic heterocycles. The molecule has 4 rings (SSSR count). The molecule has 1 unspecified atom stereocenters. The monoisotopic (exact) mass is 453 g/mol. The number of nitrogens with one attached hydrogen (secondary N) is 2. The van der Waals surface area contributed by atoms with Crippen molar-refractivity contribution >= 4 is 24.0 Å². The Bertz CT molecular complexity index is 802. The number of piperidine rings is 1. The number of alkyl halides is 2. The molecule has 7 nitrogen and oxygen atoms in total. The fourth-order valence-corrected chi connectivity index (χ4v) is 6.18. The van der Waals surface area contributed by atoms with Crippen molar-refractivity contribution in [3.63, 3.8) is 0 Å². The minimum Gasteiger partial charge on any atom is -0.356 e. The van der Waals surface area contributed by atoms with Gasteiger partial charge in [0.1, 0.15) is 12.3 Å². The van der Waals surface area contributed by atoms with Crippen LogP contribution in [-0.4, -0.2) is 60.0 Å². The fourth-order valence-electron chi connectivity index (χ4n) is 6.18. The molecule has 4 fully saturated rings. The Balaban J connectivity index is 1.44. The predicted molar refractivity (Wildman–Crippen MR) is 112 cm³/mol. The van der Waals surface area contributed by atoms with Crippen molar-refractivity contribution in [3.8, 4) is 0 Å². The van der Waals surface area contributed by atoms with Crippen LogP contribution in [0.25, 0.3) is 0 Å². The van der Waals surface area contributed by atoms with Crippen LogP contribution in [0.15, 0.2) is 0 Å². The van der Waals surface area contributed by atoms with Crippen LogP contribution in [0.2, 0.25) is 0 Å². The van der Waals surface area contributed by atoms with Crippen molar-refractivity contribution in [2.75, 3.05) is 13.1 Å². The topological polar surface area (TPSA) is 95.6 Å². The predicted octanol–water partition coefficient (Wildman–Crippen LogP) is 1.89. The average Bonchev–Trinajstić information content (AvgIpc) is 3.10. The molecule has 6 atom stereocenters. The van der Waals surface area contributed by atoms with Crippen molar-refractivity contribution in [1.29, 1.82) is 0 Å². The first-order chi connectivity index (χ1) is 15.1. The van der Waals surface area contributed by atoms with E-state index in [-0.39, 0.29) is 48.3 Å². The lowest BCUT2D eigenvalue weighted by Gasteiger charge is -2.35. The minimum atomic E-state index is -2.85. The Hall–Kier alpha value is -2.06. The molecule has 3 amide bonds. The normalized spacial score (nSPS) is 35.6. The van der Waals surface area contributed by atoms with E-state index in [4.69, 9.17) is 0 Å². The molecular formula is C23H33F2N3O4. The van der Waals surface area contributed by atoms with Gasteiger partial charge in [-0.3, -0.25) is 14.4 Å². The second-order valence-electron chi connectivity index (χ2n) is 10.6. The van der Waals surface area contributed by atoms with Crippen LogP contribution in [0.5, 0.6) is 0 Å². The molecule has 2 N–H and O–H groups in total. The van der Waals surface area contributed by atoms with Crippen molar-refractivity contribution in [1.82, 2.24) is 15.5 Å². The average molecular weight is 454 g/mol. The van der Waals surface area contributed by atoms with Gasteiger partial charge in [-0.05, 0) is 42.9 Å². The van der Waals surface area contributed by atoms with E-state index >= 15 is 0 Å². The van der Waals surface area contributed by atoms with E-state index in [0.29, 0.717) is 45.1 Å². The van der Waals surface area contributed by atoms with Crippen molar-refractivity contribution in [2.45, 2.75) is 76.8 Å². The fraction of sp³-hybridized carbons (Fsp3) is 0.826. The largest absolute Gasteiger partial charge is 0.356 e. The van der Waals surface area contributed by atoms with E-state index in [1.807, 2.05) is 13.8 Å². The van der Waals surface area contributed by atoms with Crippen LogP contribution in [0.1, 0.15) is 58.8 Å². The first-order valence-electron chi connectivity index (χ1n) is 11.8. The van der Waals surface area contributed by atoms with Gasteiger partial charge in [0.25, 0.3) is 5.92 Å². The van der Waals surface area contributed by atoms with Crippen LogP contribution >= 0.6 is 0 Å². The zero-order valence-electron chi connectivity index (χ0n) is 18.7. The maximum Gasteiger partial charge on any atom is 0.251 e. The molecule has 2 saturated carbocycles. The molecule has 0 aromatic heterocycles. The quantitative estimate of drug-likeness (QED) is 0.576. The first kappa shape index (κ1) is 23.1. The number of amides is 3. The van der Waals surface area contributed by atoms with Crippen LogP contribution in [0, 0.1) is 29.1 Å². The van der Waals surface area contributed by atoms with Gasteiger partial charge in [0.05, 0.1) is 6.04 Å². The molecular weight excluding hydrogens is 420 g/mol. The van der Waals surface area contributed by atoms with Gasteiger partial charge in [-0.2, -0.15) is 0 Å². The highest BCUT2D eigenvalue weighted by atomic mass is 19.3. The molecule has 0 spiro atoms. The van der Waals surface area contributed by atoms with Crippen LogP contribution < -0.4 is 10.6 Å². The second kappa shape index (κ2) is 8.37. The highest BCUT2D eigenvalue weighted by molar-refractivity contribution is 5.91. The smallest absolute Gasteiger partial charge is 0.251 e. The molecule has 0 radical (unpaired) electrons. The summed E-state index contributed by atoms with van der Waals surface area (Å²) in [5.74, 6) is -5.03. The number of fused-ring (bicyclic) bond motifs is 1. The number of likely N-dealkylation sites (tertiary alicyclic amines) is 1. The van der Waals surface area contributed by atoms with E-state index < -0.39 is 35.7 Å². The number of nitrogens with zero attached hydrogens (tertiary/aromatic N) is 1. The Morgan fingerprint density at radius 2 is 2.03 bits per heavy atom. The Labute approximate surface area is 187 Å². The second-order valence-corrected chi connectivity index (χ2v) is 10.6. The number of rotatable bonds is 7. The zero-order valence-corrected chi connectivity index (χ0v) is 18.7. The molecule has 2 saturated heterocycles. The third-order valence-electron chi connectivity index (χ3n) is 8.32. The number of halogens is 2. The van der Waals surface area contributed by atoms with E-state index in [1.165, 1.54) is 4.90 Å². The number of hydrogen-bond acceptors (Lipinski definition) is 4. The summed E-state index contributed by atoms with van der Waals surface area (Å²) in [6.45, 7) is 5.01. The molecule has 0 bridgehead atoms. The highest BCUT2D eigenvalue weighted by Crippen LogP contribution is 2.65. The highest BCUT2D eigenvalue weighted by Gasteiger charge is 2.69. The van der Waals surface area contributed by atoms with Crippen LogP contribution in [0.3, 0.4) is 0 Å². The number of hydrogen-bond donors (Lipinski definition) is 2. The Morgan fingerprint density at radius 3 is 2.66 bits per heavy atom. The molecule has 32 heavy (non-hydrogen) atoms. The summed E-state index contributed by atoms with van der Waals surface area (Å²) in [7, 11) is 0. The van der Waals surface area contributed by atoms with Crippen LogP contribution in [0.4, 0.5) is 8.78 Å². The lowest BCUT2D eigenvalue weighted by atomic mass is 9.83. The third kappa shape index (κ3) is 4.15. The number of carbonyl (C=O) groups is 4. The van der Waals surface area contributed by atoms with Gasteiger partial charge in [-0.1, -0.05) is 20.3 Å². The summed E-state index contributed by atoms with van der Waals surface area (Å²) in [5.41, 5.74) is -0.115. The standard InChI is InChI=1S/C23H33F2N3O4/c1-22(2)16-11-28(17(30)10-14-5-3-4-7-23(14,24)25)19(18(16)22)21(32)27-15(12-29)9-13-6-8-26-20(13)31/h12-16,18-19H,3-11H2,1-2H3,(H,26,31)(H,27,32)/t13-,14?,15-,16-,18-,19-/m0/s1. The molecule has 2 aliphatic carbocycles. The summed E-state index contributed by atoms with van der Waals surface area (Å²) in [5, 5.41) is 5.44. The maximum absolute atomic E-state index is 14.3. The lowest BCUT2D eigenvalue weighted by Crippen LogP contribution is -2.53. The summed E-state index contributed by atoms with van der Waals surface area (Å²) < 4.78 is 28.6. The summed E-state index contributed by atoms with van der Waals surface area (Å²) in [6.07, 6.45) is 2.48. The van der Waals surface area contributed by atoms with Gasteiger partial charge in [-0.25, -0.2) is 8.78 Å². The zero-order chi connectivity index (χ0) is 23.3. The van der Waals surface area contributed by atoms with Crippen molar-refractivity contribution in [2.24, 2.45) is 29.1 Å². The van der Waals surface area contributed by atoms with Gasteiger partial charge in [0, 0.05) is 37.8 Å². The van der Waals surface area contributed by atoms with E-state index in [9.17, 15) is 28.0 Å². The maximum atomic E-state index is 14.3. The molecule has 178 valence electrons. The molecule has 0 aromatic rings. The molecule has 2 heterocycles. The van der Waals surface area contributed by atoms with Gasteiger partial charge in [0.15, 0.2) is 0 Å². The van der Waals surface area contributed by atoms with E-state index in [0.717, 1.165) is 0 Å². The van der Waals surface area contributed by atoms with Gasteiger partial charge >= 0.3 is 0 Å². The molecule has 9 heteroatoms. The number of carbonyl (C=O) groups excluding carboxylic acids is 4. The lowest BCUT2D eigenvalue weighted by molar-refractivity contribution is -0.146. The minimum absolute atomic E-state index is 0.0552. The Kier molecular flexibility index (Phi) is 6.05. The molecule has 4 aliphatic rings. The number of aldehydes is 1. The molecule has 0 aromatic carbocycles. The summed E-state index contributed by atoms with van der Waals surface area (Å²) >= 11 is 0.